The number of carbonyl (C=O) groups is 2. The lowest BCUT2D eigenvalue weighted by atomic mass is 9.83. The molecule has 0 saturated carbocycles. The average molecular weight is 428 g/mol. The molecule has 3 fully saturated rings. The van der Waals surface area contributed by atoms with Crippen LogP contribution < -0.4 is 14.4 Å². The molecule has 5 rings (SSSR count). The minimum atomic E-state index is -0.281. The van der Waals surface area contributed by atoms with E-state index in [2.05, 4.69) is 4.90 Å². The van der Waals surface area contributed by atoms with Crippen molar-refractivity contribution in [1.82, 2.24) is 9.80 Å². The van der Waals surface area contributed by atoms with E-state index in [1.165, 1.54) is 45.2 Å². The number of anilines is 1. The number of carbonyl (C=O) groups excluding carboxylic acids is 2. The molecule has 0 aliphatic carbocycles. The van der Waals surface area contributed by atoms with Crippen molar-refractivity contribution in [2.24, 2.45) is 11.8 Å². The van der Waals surface area contributed by atoms with Crippen LogP contribution in [0.2, 0.25) is 0 Å². The lowest BCUT2D eigenvalue weighted by molar-refractivity contribution is -0.135. The third kappa shape index (κ3) is 4.12. The Morgan fingerprint density at radius 1 is 1.10 bits per heavy atom. The lowest BCUT2D eigenvalue weighted by Crippen LogP contribution is -2.51. The van der Waals surface area contributed by atoms with E-state index in [0.717, 1.165) is 12.2 Å². The van der Waals surface area contributed by atoms with Crippen LogP contribution in [0.1, 0.15) is 38.5 Å². The molecule has 4 aliphatic rings. The van der Waals surface area contributed by atoms with Gasteiger partial charge in [0.25, 0.3) is 0 Å². The van der Waals surface area contributed by atoms with Crippen molar-refractivity contribution in [2.45, 2.75) is 44.6 Å². The van der Waals surface area contributed by atoms with Crippen LogP contribution in [0.3, 0.4) is 0 Å². The van der Waals surface area contributed by atoms with Gasteiger partial charge in [-0.15, -0.1) is 0 Å². The Morgan fingerprint density at radius 2 is 1.90 bits per heavy atom. The Labute approximate surface area is 184 Å². The summed E-state index contributed by atoms with van der Waals surface area (Å²) in [5.41, 5.74) is 0.775. The SMILES string of the molecule is CN(C[C@@H]1CCCN2CCCC[C@@H]12)C(=O)[C@H]1CC(=O)N(c2ccc3c(c2)OCCO3)C1. The molecular weight excluding hydrogens is 394 g/mol. The normalized spacial score (nSPS) is 28.4. The second-order valence-electron chi connectivity index (χ2n) is 9.45. The molecule has 0 radical (unpaired) electrons. The van der Waals surface area contributed by atoms with Crippen molar-refractivity contribution in [1.29, 1.82) is 0 Å². The van der Waals surface area contributed by atoms with Crippen LogP contribution in [0, 0.1) is 11.8 Å². The lowest BCUT2D eigenvalue weighted by Gasteiger charge is -2.45. The van der Waals surface area contributed by atoms with Gasteiger partial charge < -0.3 is 24.2 Å². The molecule has 0 unspecified atom stereocenters. The fourth-order valence-corrected chi connectivity index (χ4v) is 5.87. The molecule has 0 N–H and O–H groups in total. The summed E-state index contributed by atoms with van der Waals surface area (Å²) in [6.45, 7) is 4.70. The van der Waals surface area contributed by atoms with E-state index in [4.69, 9.17) is 9.47 Å². The van der Waals surface area contributed by atoms with Gasteiger partial charge in [0.1, 0.15) is 13.2 Å². The highest BCUT2D eigenvalue weighted by atomic mass is 16.6. The standard InChI is InChI=1S/C24H33N3O4/c1-25(15-17-5-4-10-26-9-3-2-6-20(17)26)24(29)18-13-23(28)27(16-18)19-7-8-21-22(14-19)31-12-11-30-21/h7-8,14,17-18,20H,2-6,9-13,15-16H2,1H3/t17-,18-,20-/m0/s1. The van der Waals surface area contributed by atoms with Crippen molar-refractivity contribution < 1.29 is 19.1 Å². The molecule has 7 nitrogen and oxygen atoms in total. The number of hydrogen-bond donors (Lipinski definition) is 0. The van der Waals surface area contributed by atoms with Crippen LogP contribution in [0.15, 0.2) is 18.2 Å². The highest BCUT2D eigenvalue weighted by molar-refractivity contribution is 6.00. The van der Waals surface area contributed by atoms with Gasteiger partial charge in [-0.1, -0.05) is 6.42 Å². The van der Waals surface area contributed by atoms with Crippen molar-refractivity contribution in [3.8, 4) is 11.5 Å². The first-order chi connectivity index (χ1) is 15.1. The molecule has 4 aliphatic heterocycles. The Kier molecular flexibility index (Phi) is 5.78. The first kappa shape index (κ1) is 20.6. The van der Waals surface area contributed by atoms with Crippen LogP contribution in [-0.2, 0) is 9.59 Å². The number of fused-ring (bicyclic) bond motifs is 2. The molecule has 1 aromatic rings. The summed E-state index contributed by atoms with van der Waals surface area (Å²) in [6, 6.07) is 6.19. The number of ether oxygens (including phenoxy) is 2. The average Bonchev–Trinajstić information content (AvgIpc) is 3.20. The molecule has 3 atom stereocenters. The fraction of sp³-hybridized carbons (Fsp3) is 0.667. The summed E-state index contributed by atoms with van der Waals surface area (Å²) in [5.74, 6) is 1.74. The topological polar surface area (TPSA) is 62.3 Å². The van der Waals surface area contributed by atoms with Crippen LogP contribution >= 0.6 is 0 Å². The van der Waals surface area contributed by atoms with E-state index in [-0.39, 0.29) is 24.2 Å². The van der Waals surface area contributed by atoms with E-state index in [9.17, 15) is 9.59 Å². The minimum Gasteiger partial charge on any atom is -0.486 e. The van der Waals surface area contributed by atoms with Crippen LogP contribution in [0.4, 0.5) is 5.69 Å². The molecule has 0 spiro atoms. The van der Waals surface area contributed by atoms with Gasteiger partial charge in [0.15, 0.2) is 11.5 Å². The summed E-state index contributed by atoms with van der Waals surface area (Å²) in [7, 11) is 1.92. The van der Waals surface area contributed by atoms with Crippen LogP contribution in [0.5, 0.6) is 11.5 Å². The largest absolute Gasteiger partial charge is 0.486 e. The summed E-state index contributed by atoms with van der Waals surface area (Å²) in [4.78, 5) is 32.2. The van der Waals surface area contributed by atoms with E-state index >= 15 is 0 Å². The van der Waals surface area contributed by atoms with E-state index in [1.807, 2.05) is 30.1 Å². The molecule has 168 valence electrons. The summed E-state index contributed by atoms with van der Waals surface area (Å²) < 4.78 is 11.2. The summed E-state index contributed by atoms with van der Waals surface area (Å²) in [5, 5.41) is 0. The molecule has 7 heteroatoms. The smallest absolute Gasteiger partial charge is 0.227 e. The van der Waals surface area contributed by atoms with Crippen molar-refractivity contribution >= 4 is 17.5 Å². The predicted molar refractivity (Wildman–Crippen MR) is 117 cm³/mol. The van der Waals surface area contributed by atoms with Crippen LogP contribution in [0.25, 0.3) is 0 Å². The van der Waals surface area contributed by atoms with Crippen molar-refractivity contribution in [3.05, 3.63) is 18.2 Å². The van der Waals surface area contributed by atoms with Gasteiger partial charge in [-0.25, -0.2) is 0 Å². The quantitative estimate of drug-likeness (QED) is 0.739. The number of nitrogens with zero attached hydrogens (tertiary/aromatic N) is 3. The molecule has 4 heterocycles. The maximum atomic E-state index is 13.2. The summed E-state index contributed by atoms with van der Waals surface area (Å²) in [6.07, 6.45) is 6.56. The molecule has 3 saturated heterocycles. The molecular formula is C24H33N3O4. The van der Waals surface area contributed by atoms with Gasteiger partial charge in [0.05, 0.1) is 5.92 Å². The van der Waals surface area contributed by atoms with E-state index in [1.54, 1.807) is 4.90 Å². The zero-order valence-electron chi connectivity index (χ0n) is 18.4. The maximum absolute atomic E-state index is 13.2. The molecule has 0 aromatic heterocycles. The Bertz CT molecular complexity index is 842. The molecule has 0 bridgehead atoms. The van der Waals surface area contributed by atoms with Crippen molar-refractivity contribution in [2.75, 3.05) is 51.3 Å². The summed E-state index contributed by atoms with van der Waals surface area (Å²) >= 11 is 0. The third-order valence-electron chi connectivity index (χ3n) is 7.42. The van der Waals surface area contributed by atoms with Gasteiger partial charge in [-0.05, 0) is 56.8 Å². The van der Waals surface area contributed by atoms with Crippen LogP contribution in [-0.4, -0.2) is 74.1 Å². The Morgan fingerprint density at radius 3 is 2.77 bits per heavy atom. The van der Waals surface area contributed by atoms with Gasteiger partial charge >= 0.3 is 0 Å². The van der Waals surface area contributed by atoms with E-state index < -0.39 is 0 Å². The fourth-order valence-electron chi connectivity index (χ4n) is 5.87. The first-order valence-electron chi connectivity index (χ1n) is 11.8. The minimum absolute atomic E-state index is 0.000417. The second-order valence-corrected chi connectivity index (χ2v) is 9.45. The third-order valence-corrected chi connectivity index (χ3v) is 7.42. The van der Waals surface area contributed by atoms with Crippen molar-refractivity contribution in [3.63, 3.8) is 0 Å². The first-order valence-corrected chi connectivity index (χ1v) is 11.8. The van der Waals surface area contributed by atoms with Gasteiger partial charge in [0.2, 0.25) is 11.8 Å². The monoisotopic (exact) mass is 427 g/mol. The number of piperidine rings is 2. The second kappa shape index (κ2) is 8.69. The van der Waals surface area contributed by atoms with E-state index in [0.29, 0.717) is 43.2 Å². The number of hydrogen-bond acceptors (Lipinski definition) is 5. The highest BCUT2D eigenvalue weighted by Crippen LogP contribution is 2.36. The number of amides is 2. The zero-order valence-corrected chi connectivity index (χ0v) is 18.4. The highest BCUT2D eigenvalue weighted by Gasteiger charge is 2.39. The predicted octanol–water partition coefficient (Wildman–Crippen LogP) is 2.53. The molecule has 2 amide bonds. The zero-order chi connectivity index (χ0) is 21.4. The molecule has 31 heavy (non-hydrogen) atoms. The number of benzene rings is 1. The number of rotatable bonds is 4. The van der Waals surface area contributed by atoms with Gasteiger partial charge in [-0.3, -0.25) is 9.59 Å². The van der Waals surface area contributed by atoms with Gasteiger partial charge in [-0.2, -0.15) is 0 Å². The van der Waals surface area contributed by atoms with Gasteiger partial charge in [0, 0.05) is 44.4 Å². The maximum Gasteiger partial charge on any atom is 0.227 e. The Hall–Kier alpha value is -2.28. The molecule has 1 aromatic carbocycles. The Balaban J connectivity index is 1.22.